The Morgan fingerprint density at radius 1 is 0.632 bits per heavy atom. The van der Waals surface area contributed by atoms with Gasteiger partial charge in [0.25, 0.3) is 0 Å². The normalized spacial score (nSPS) is 7.74. The van der Waals surface area contributed by atoms with E-state index in [0.717, 1.165) is 0 Å². The molecule has 0 rings (SSSR count). The van der Waals surface area contributed by atoms with Gasteiger partial charge >= 0.3 is 17.1 Å². The van der Waals surface area contributed by atoms with Gasteiger partial charge in [-0.3, -0.25) is 0 Å². The summed E-state index contributed by atoms with van der Waals surface area (Å²) in [6.45, 7) is 5.40. The molecule has 0 bridgehead atoms. The molecule has 19 heavy (non-hydrogen) atoms. The second kappa shape index (κ2) is 22.1. The Bertz CT molecular complexity index is 192. The molecule has 1 radical (unpaired) electrons. The quantitative estimate of drug-likeness (QED) is 0.556. The van der Waals surface area contributed by atoms with Crippen LogP contribution in [0.3, 0.4) is 0 Å². The third-order valence-electron chi connectivity index (χ3n) is 1.36. The summed E-state index contributed by atoms with van der Waals surface area (Å²) in [6, 6.07) is 0. The maximum absolute atomic E-state index is 9.49. The molecule has 7 heteroatoms. The van der Waals surface area contributed by atoms with Crippen LogP contribution in [-0.4, -0.2) is 17.9 Å². The van der Waals surface area contributed by atoms with E-state index in [0.29, 0.717) is 19.3 Å². The fourth-order valence-electron chi connectivity index (χ4n) is 0.612. The Balaban J connectivity index is -0.0000000865. The van der Waals surface area contributed by atoms with Gasteiger partial charge in [-0.1, -0.05) is 40.0 Å². The van der Waals surface area contributed by atoms with Crippen LogP contribution in [-0.2, 0) is 31.5 Å². The first-order valence-corrected chi connectivity index (χ1v) is 5.91. The number of carboxylic acid groups (broad SMARTS) is 3. The van der Waals surface area contributed by atoms with Crippen LogP contribution < -0.4 is 15.3 Å². The maximum Gasteiger partial charge on any atom is 3.00 e. The molecule has 0 aromatic carbocycles. The molecule has 0 N–H and O–H groups in total. The van der Waals surface area contributed by atoms with Crippen molar-refractivity contribution in [2.24, 2.45) is 0 Å². The smallest absolute Gasteiger partial charge is 0.550 e. The summed E-state index contributed by atoms with van der Waals surface area (Å²) in [5.74, 6) is -2.88. The van der Waals surface area contributed by atoms with Crippen molar-refractivity contribution < 1.29 is 46.8 Å². The van der Waals surface area contributed by atoms with Gasteiger partial charge in [0.05, 0.1) is 0 Å². The summed E-state index contributed by atoms with van der Waals surface area (Å²) in [7, 11) is 0. The first-order chi connectivity index (χ1) is 8.31. The molecule has 0 atom stereocenters. The van der Waals surface area contributed by atoms with Crippen LogP contribution in [0.4, 0.5) is 0 Å². The molecule has 0 saturated carbocycles. The Morgan fingerprint density at radius 2 is 0.789 bits per heavy atom. The molecule has 0 aromatic heterocycles. The topological polar surface area (TPSA) is 120 Å². The number of aliphatic carboxylic acids is 3. The van der Waals surface area contributed by atoms with Crippen LogP contribution in [0.5, 0.6) is 0 Å². The molecule has 0 saturated heterocycles. The summed E-state index contributed by atoms with van der Waals surface area (Å²) in [5.41, 5.74) is 0. The fraction of sp³-hybridized carbons (Fsp3) is 0.750. The number of hydrogen-bond donors (Lipinski definition) is 0. The first-order valence-electron chi connectivity index (χ1n) is 5.91. The summed E-state index contributed by atoms with van der Waals surface area (Å²) < 4.78 is 0. The van der Waals surface area contributed by atoms with Gasteiger partial charge in [0.2, 0.25) is 0 Å². The van der Waals surface area contributed by atoms with Crippen molar-refractivity contribution >= 4 is 17.9 Å². The molecule has 0 aliphatic carbocycles. The van der Waals surface area contributed by atoms with Gasteiger partial charge in [0.1, 0.15) is 0 Å². The van der Waals surface area contributed by atoms with Crippen LogP contribution in [0.25, 0.3) is 0 Å². The molecule has 0 aliphatic rings. The van der Waals surface area contributed by atoms with Crippen molar-refractivity contribution in [3.8, 4) is 0 Å². The third kappa shape index (κ3) is 60.0. The second-order valence-electron chi connectivity index (χ2n) is 3.37. The van der Waals surface area contributed by atoms with E-state index >= 15 is 0 Å². The van der Waals surface area contributed by atoms with E-state index in [1.54, 1.807) is 20.8 Å². The van der Waals surface area contributed by atoms with Crippen molar-refractivity contribution in [1.82, 2.24) is 0 Å². The van der Waals surface area contributed by atoms with E-state index in [2.05, 4.69) is 0 Å². The molecule has 0 heterocycles. The zero-order valence-corrected chi connectivity index (χ0v) is 12.6. The predicted octanol–water partition coefficient (Wildman–Crippen LogP) is -1.39. The minimum absolute atomic E-state index is 0. The van der Waals surface area contributed by atoms with E-state index in [4.69, 9.17) is 0 Å². The van der Waals surface area contributed by atoms with Gasteiger partial charge in [-0.25, -0.2) is 0 Å². The van der Waals surface area contributed by atoms with E-state index < -0.39 is 17.9 Å². The average Bonchev–Trinajstić information content (AvgIpc) is 2.18. The molecule has 0 amide bonds. The fourth-order valence-corrected chi connectivity index (χ4v) is 0.612. The molecular formula is C12H21FeO6. The molecule has 0 fully saturated rings. The van der Waals surface area contributed by atoms with Crippen LogP contribution >= 0.6 is 0 Å². The molecule has 113 valence electrons. The minimum Gasteiger partial charge on any atom is -0.550 e. The van der Waals surface area contributed by atoms with Gasteiger partial charge in [-0.2, -0.15) is 0 Å². The van der Waals surface area contributed by atoms with E-state index in [1.165, 1.54) is 0 Å². The van der Waals surface area contributed by atoms with Gasteiger partial charge in [-0.05, 0) is 19.3 Å². The van der Waals surface area contributed by atoms with Crippen molar-refractivity contribution in [3.05, 3.63) is 0 Å². The van der Waals surface area contributed by atoms with Crippen LogP contribution in [0.15, 0.2) is 0 Å². The Labute approximate surface area is 124 Å². The minimum atomic E-state index is -0.961. The van der Waals surface area contributed by atoms with Crippen molar-refractivity contribution in [2.75, 3.05) is 0 Å². The van der Waals surface area contributed by atoms with Crippen LogP contribution in [0.1, 0.15) is 59.3 Å². The maximum atomic E-state index is 9.49. The molecular weight excluding hydrogens is 296 g/mol. The monoisotopic (exact) mass is 317 g/mol. The van der Waals surface area contributed by atoms with Crippen molar-refractivity contribution in [2.45, 2.75) is 59.3 Å². The average molecular weight is 317 g/mol. The first kappa shape index (κ1) is 26.5. The van der Waals surface area contributed by atoms with E-state index in [-0.39, 0.29) is 36.3 Å². The number of carbonyl (C=O) groups is 3. The largest absolute Gasteiger partial charge is 3.00 e. The van der Waals surface area contributed by atoms with E-state index in [9.17, 15) is 29.7 Å². The van der Waals surface area contributed by atoms with Crippen LogP contribution in [0.2, 0.25) is 0 Å². The molecule has 6 nitrogen and oxygen atoms in total. The summed E-state index contributed by atoms with van der Waals surface area (Å²) >= 11 is 0. The second-order valence-corrected chi connectivity index (χ2v) is 3.37. The van der Waals surface area contributed by atoms with Crippen molar-refractivity contribution in [1.29, 1.82) is 0 Å². The Kier molecular flexibility index (Phi) is 30.9. The van der Waals surface area contributed by atoms with Gasteiger partial charge in [0, 0.05) is 17.9 Å². The standard InChI is InChI=1S/3C4H8O2.Fe/c3*1-2-3-4(5)6;/h3*2-3H2,1H3,(H,5,6);/q;;;+3/p-3. The molecule has 0 aromatic rings. The summed E-state index contributed by atoms with van der Waals surface area (Å²) in [6.07, 6.45) is 2.55. The number of carboxylic acids is 3. The van der Waals surface area contributed by atoms with Gasteiger partial charge in [0.15, 0.2) is 0 Å². The third-order valence-corrected chi connectivity index (χ3v) is 1.36. The molecule has 0 aliphatic heterocycles. The van der Waals surface area contributed by atoms with Gasteiger partial charge < -0.3 is 29.7 Å². The number of carbonyl (C=O) groups excluding carboxylic acids is 3. The SMILES string of the molecule is CCCC(=O)[O-].CCCC(=O)[O-].CCCC(=O)[O-].[Fe+3]. The zero-order chi connectivity index (χ0) is 15.0. The summed E-state index contributed by atoms with van der Waals surface area (Å²) in [5, 5.41) is 28.5. The number of hydrogen-bond acceptors (Lipinski definition) is 6. The Hall–Kier alpha value is -1.07. The molecule has 0 spiro atoms. The Morgan fingerprint density at radius 3 is 0.789 bits per heavy atom. The van der Waals surface area contributed by atoms with Crippen LogP contribution in [0, 0.1) is 0 Å². The zero-order valence-electron chi connectivity index (χ0n) is 11.5. The van der Waals surface area contributed by atoms with E-state index in [1.807, 2.05) is 0 Å². The van der Waals surface area contributed by atoms with Gasteiger partial charge in [-0.15, -0.1) is 0 Å². The molecule has 0 unspecified atom stereocenters. The summed E-state index contributed by atoms with van der Waals surface area (Å²) in [4.78, 5) is 28.5. The number of rotatable bonds is 6. The predicted molar refractivity (Wildman–Crippen MR) is 59.7 cm³/mol. The van der Waals surface area contributed by atoms with Crippen molar-refractivity contribution in [3.63, 3.8) is 0 Å².